The van der Waals surface area contributed by atoms with Crippen LogP contribution in [0.25, 0.3) is 0 Å². The molecule has 144 valence electrons. The first-order valence-corrected chi connectivity index (χ1v) is 9.37. The van der Waals surface area contributed by atoms with Gasteiger partial charge in [-0.05, 0) is 60.8 Å². The van der Waals surface area contributed by atoms with Crippen molar-refractivity contribution in [3.8, 4) is 11.6 Å². The summed E-state index contributed by atoms with van der Waals surface area (Å²) in [6.07, 6.45) is 2.33. The van der Waals surface area contributed by atoms with Gasteiger partial charge in [-0.1, -0.05) is 35.9 Å². The van der Waals surface area contributed by atoms with Gasteiger partial charge < -0.3 is 15.8 Å². The number of ether oxygens (including phenoxy) is 1. The average Bonchev–Trinajstić information content (AvgIpc) is 2.68. The molecule has 0 aliphatic rings. The zero-order chi connectivity index (χ0) is 19.9. The number of nitrogens with one attached hydrogen (secondary N) is 1. The van der Waals surface area contributed by atoms with Crippen molar-refractivity contribution in [2.45, 2.75) is 19.9 Å². The number of amides is 1. The number of pyridine rings is 1. The predicted molar refractivity (Wildman–Crippen MR) is 111 cm³/mol. The highest BCUT2D eigenvalue weighted by molar-refractivity contribution is 6.30. The zero-order valence-electron chi connectivity index (χ0n) is 15.6. The summed E-state index contributed by atoms with van der Waals surface area (Å²) in [5.74, 6) is 0.630. The summed E-state index contributed by atoms with van der Waals surface area (Å²) >= 11 is 6.01. The minimum absolute atomic E-state index is 0.350. The molecule has 0 spiro atoms. The standard InChI is InChI=1S/C22H22ClN3O2/c1-15-11-17(13-25-10-9-16-3-2-4-19(23)12-16)5-7-20(15)28-21-8-6-18(14-26-21)22(24)27/h2-8,11-12,14,25H,9-10,13H2,1H3,(H2,24,27). The second kappa shape index (κ2) is 9.35. The van der Waals surface area contributed by atoms with E-state index in [-0.39, 0.29) is 0 Å². The van der Waals surface area contributed by atoms with Gasteiger partial charge in [0.1, 0.15) is 5.75 Å². The van der Waals surface area contributed by atoms with Gasteiger partial charge in [0.15, 0.2) is 0 Å². The first-order valence-electron chi connectivity index (χ1n) is 8.99. The summed E-state index contributed by atoms with van der Waals surface area (Å²) in [5.41, 5.74) is 8.97. The van der Waals surface area contributed by atoms with Crippen molar-refractivity contribution in [1.82, 2.24) is 10.3 Å². The smallest absolute Gasteiger partial charge is 0.250 e. The van der Waals surface area contributed by atoms with E-state index in [1.54, 1.807) is 12.1 Å². The fourth-order valence-electron chi connectivity index (χ4n) is 2.79. The molecule has 0 saturated carbocycles. The maximum atomic E-state index is 11.1. The van der Waals surface area contributed by atoms with Crippen molar-refractivity contribution < 1.29 is 9.53 Å². The Morgan fingerprint density at radius 3 is 2.68 bits per heavy atom. The van der Waals surface area contributed by atoms with E-state index >= 15 is 0 Å². The van der Waals surface area contributed by atoms with Crippen LogP contribution in [0.4, 0.5) is 0 Å². The molecule has 0 unspecified atom stereocenters. The van der Waals surface area contributed by atoms with Gasteiger partial charge in [0.25, 0.3) is 0 Å². The molecule has 0 radical (unpaired) electrons. The Balaban J connectivity index is 1.52. The highest BCUT2D eigenvalue weighted by Crippen LogP contribution is 2.24. The Hall–Kier alpha value is -2.89. The Bertz CT molecular complexity index is 958. The second-order valence-corrected chi connectivity index (χ2v) is 6.94. The number of hydrogen-bond acceptors (Lipinski definition) is 4. The third kappa shape index (κ3) is 5.55. The topological polar surface area (TPSA) is 77.2 Å². The molecule has 0 saturated heterocycles. The van der Waals surface area contributed by atoms with Crippen LogP contribution in [0, 0.1) is 6.92 Å². The molecule has 3 aromatic rings. The van der Waals surface area contributed by atoms with Crippen molar-refractivity contribution in [3.63, 3.8) is 0 Å². The van der Waals surface area contributed by atoms with E-state index in [1.807, 2.05) is 37.3 Å². The van der Waals surface area contributed by atoms with Gasteiger partial charge in [0, 0.05) is 23.8 Å². The molecule has 28 heavy (non-hydrogen) atoms. The lowest BCUT2D eigenvalue weighted by molar-refractivity contribution is 0.1000. The molecule has 1 amide bonds. The third-order valence-corrected chi connectivity index (χ3v) is 4.52. The second-order valence-electron chi connectivity index (χ2n) is 6.51. The molecule has 1 aromatic heterocycles. The fraction of sp³-hybridized carbons (Fsp3) is 0.182. The van der Waals surface area contributed by atoms with Gasteiger partial charge in [-0.25, -0.2) is 4.98 Å². The molecule has 0 fully saturated rings. The molecule has 0 atom stereocenters. The minimum Gasteiger partial charge on any atom is -0.439 e. The number of nitrogens with two attached hydrogens (primary N) is 1. The minimum atomic E-state index is -0.512. The number of aryl methyl sites for hydroxylation is 1. The maximum Gasteiger partial charge on any atom is 0.250 e. The number of halogens is 1. The molecular weight excluding hydrogens is 374 g/mol. The summed E-state index contributed by atoms with van der Waals surface area (Å²) in [6, 6.07) is 17.2. The number of aromatic nitrogens is 1. The number of hydrogen-bond donors (Lipinski definition) is 2. The van der Waals surface area contributed by atoms with E-state index in [0.29, 0.717) is 11.4 Å². The largest absolute Gasteiger partial charge is 0.439 e. The SMILES string of the molecule is Cc1cc(CNCCc2cccc(Cl)c2)ccc1Oc1ccc(C(N)=O)cn1. The van der Waals surface area contributed by atoms with E-state index in [4.69, 9.17) is 22.1 Å². The molecule has 3 N–H and O–H groups in total. The number of primary amides is 1. The van der Waals surface area contributed by atoms with E-state index in [0.717, 1.165) is 35.8 Å². The van der Waals surface area contributed by atoms with E-state index in [9.17, 15) is 4.79 Å². The molecule has 3 rings (SSSR count). The first-order chi connectivity index (χ1) is 13.5. The van der Waals surface area contributed by atoms with Gasteiger partial charge in [-0.15, -0.1) is 0 Å². The molecule has 6 heteroatoms. The van der Waals surface area contributed by atoms with Gasteiger partial charge in [0.05, 0.1) is 5.56 Å². The number of rotatable bonds is 8. The number of benzene rings is 2. The van der Waals surface area contributed by atoms with Crippen LogP contribution < -0.4 is 15.8 Å². The van der Waals surface area contributed by atoms with Gasteiger partial charge in [0.2, 0.25) is 11.8 Å². The van der Waals surface area contributed by atoms with Crippen LogP contribution in [0.2, 0.25) is 5.02 Å². The van der Waals surface area contributed by atoms with Crippen LogP contribution in [-0.4, -0.2) is 17.4 Å². The molecule has 0 aliphatic carbocycles. The molecular formula is C22H22ClN3O2. The van der Waals surface area contributed by atoms with E-state index < -0.39 is 5.91 Å². The lowest BCUT2D eigenvalue weighted by atomic mass is 10.1. The van der Waals surface area contributed by atoms with Crippen molar-refractivity contribution in [2.75, 3.05) is 6.54 Å². The van der Waals surface area contributed by atoms with E-state index in [1.165, 1.54) is 17.3 Å². The normalized spacial score (nSPS) is 10.6. The quantitative estimate of drug-likeness (QED) is 0.558. The van der Waals surface area contributed by atoms with Crippen molar-refractivity contribution in [2.24, 2.45) is 5.73 Å². The van der Waals surface area contributed by atoms with Crippen LogP contribution in [0.5, 0.6) is 11.6 Å². The van der Waals surface area contributed by atoms with Crippen molar-refractivity contribution in [3.05, 3.63) is 88.1 Å². The van der Waals surface area contributed by atoms with Crippen LogP contribution >= 0.6 is 11.6 Å². The molecule has 5 nitrogen and oxygen atoms in total. The summed E-state index contributed by atoms with van der Waals surface area (Å²) in [4.78, 5) is 15.2. The lowest BCUT2D eigenvalue weighted by Crippen LogP contribution is -2.16. The zero-order valence-corrected chi connectivity index (χ0v) is 16.4. The summed E-state index contributed by atoms with van der Waals surface area (Å²) < 4.78 is 5.80. The molecule has 0 aliphatic heterocycles. The van der Waals surface area contributed by atoms with E-state index in [2.05, 4.69) is 22.4 Å². The molecule has 1 heterocycles. The van der Waals surface area contributed by atoms with Crippen LogP contribution in [0.1, 0.15) is 27.0 Å². The Labute approximate surface area is 169 Å². The summed E-state index contributed by atoms with van der Waals surface area (Å²) in [6.45, 7) is 3.63. The predicted octanol–water partition coefficient (Wildman–Crippen LogP) is 4.27. The van der Waals surface area contributed by atoms with Crippen LogP contribution in [0.3, 0.4) is 0 Å². The number of carbonyl (C=O) groups is 1. The fourth-order valence-corrected chi connectivity index (χ4v) is 3.01. The van der Waals surface area contributed by atoms with Gasteiger partial charge in [-0.3, -0.25) is 4.79 Å². The molecule has 0 bridgehead atoms. The Morgan fingerprint density at radius 2 is 2.00 bits per heavy atom. The van der Waals surface area contributed by atoms with Gasteiger partial charge >= 0.3 is 0 Å². The van der Waals surface area contributed by atoms with Crippen LogP contribution in [0.15, 0.2) is 60.8 Å². The number of carbonyl (C=O) groups excluding carboxylic acids is 1. The average molecular weight is 396 g/mol. The highest BCUT2D eigenvalue weighted by Gasteiger charge is 2.06. The third-order valence-electron chi connectivity index (χ3n) is 4.28. The van der Waals surface area contributed by atoms with Crippen molar-refractivity contribution >= 4 is 17.5 Å². The summed E-state index contributed by atoms with van der Waals surface area (Å²) in [7, 11) is 0. The molecule has 2 aromatic carbocycles. The van der Waals surface area contributed by atoms with Gasteiger partial charge in [-0.2, -0.15) is 0 Å². The summed E-state index contributed by atoms with van der Waals surface area (Å²) in [5, 5.41) is 4.21. The highest BCUT2D eigenvalue weighted by atomic mass is 35.5. The Morgan fingerprint density at radius 1 is 1.14 bits per heavy atom. The Kier molecular flexibility index (Phi) is 6.63. The maximum absolute atomic E-state index is 11.1. The van der Waals surface area contributed by atoms with Crippen molar-refractivity contribution in [1.29, 1.82) is 0 Å². The monoisotopic (exact) mass is 395 g/mol. The number of nitrogens with zero attached hydrogens (tertiary/aromatic N) is 1. The first kappa shape index (κ1) is 19.9. The van der Waals surface area contributed by atoms with Crippen LogP contribution in [-0.2, 0) is 13.0 Å². The lowest BCUT2D eigenvalue weighted by Gasteiger charge is -2.11.